The van der Waals surface area contributed by atoms with Gasteiger partial charge in [-0.1, -0.05) is 11.6 Å². The SMILES string of the molecule is Cc1cnn(Cc2c(S(C)(=O)=O)ccc(C(=O)c3cnn(C)c3OC(=O)c3ccn(C)c3C)c2Cl)c1. The lowest BCUT2D eigenvalue weighted by atomic mass is 10.0. The van der Waals surface area contributed by atoms with Gasteiger partial charge in [-0.15, -0.1) is 0 Å². The number of carbonyl (C=O) groups is 2. The first-order chi connectivity index (χ1) is 16.9. The molecule has 0 radical (unpaired) electrons. The number of hydrogen-bond donors (Lipinski definition) is 0. The van der Waals surface area contributed by atoms with E-state index in [1.807, 2.05) is 6.92 Å². The van der Waals surface area contributed by atoms with Crippen molar-refractivity contribution in [3.8, 4) is 5.88 Å². The maximum Gasteiger partial charge on any atom is 0.346 e. The van der Waals surface area contributed by atoms with Crippen molar-refractivity contribution in [2.75, 3.05) is 6.26 Å². The zero-order chi connectivity index (χ0) is 26.4. The molecule has 3 heterocycles. The molecular formula is C24H24ClN5O5S. The van der Waals surface area contributed by atoms with Crippen LogP contribution in [-0.4, -0.2) is 50.6 Å². The van der Waals surface area contributed by atoms with E-state index in [4.69, 9.17) is 16.3 Å². The van der Waals surface area contributed by atoms with Crippen molar-refractivity contribution >= 4 is 33.2 Å². The third kappa shape index (κ3) is 4.71. The molecule has 0 aliphatic rings. The lowest BCUT2D eigenvalue weighted by Crippen LogP contribution is -2.15. The normalized spacial score (nSPS) is 11.6. The van der Waals surface area contributed by atoms with E-state index in [-0.39, 0.29) is 39.0 Å². The molecule has 1 aromatic carbocycles. The van der Waals surface area contributed by atoms with E-state index in [1.165, 1.54) is 30.1 Å². The fourth-order valence-electron chi connectivity index (χ4n) is 3.80. The molecule has 0 N–H and O–H groups in total. The quantitative estimate of drug-likeness (QED) is 0.266. The van der Waals surface area contributed by atoms with Crippen molar-refractivity contribution in [1.82, 2.24) is 24.1 Å². The van der Waals surface area contributed by atoms with Crippen LogP contribution in [0.2, 0.25) is 5.02 Å². The topological polar surface area (TPSA) is 118 Å². The minimum atomic E-state index is -3.65. The summed E-state index contributed by atoms with van der Waals surface area (Å²) in [6, 6.07) is 4.31. The maximum absolute atomic E-state index is 13.6. The van der Waals surface area contributed by atoms with E-state index in [2.05, 4.69) is 10.2 Å². The Kier molecular flexibility index (Phi) is 6.63. The first kappa shape index (κ1) is 25.4. The Morgan fingerprint density at radius 2 is 1.75 bits per heavy atom. The summed E-state index contributed by atoms with van der Waals surface area (Å²) in [6.45, 7) is 3.67. The van der Waals surface area contributed by atoms with Crippen LogP contribution in [0, 0.1) is 13.8 Å². The third-order valence-corrected chi connectivity index (χ3v) is 7.46. The second-order valence-electron chi connectivity index (χ2n) is 8.52. The Morgan fingerprint density at radius 3 is 2.33 bits per heavy atom. The number of ether oxygens (including phenoxy) is 1. The average molecular weight is 530 g/mol. The molecule has 3 aromatic heterocycles. The van der Waals surface area contributed by atoms with Crippen molar-refractivity contribution in [2.24, 2.45) is 14.1 Å². The molecule has 0 saturated carbocycles. The predicted octanol–water partition coefficient (Wildman–Crippen LogP) is 3.13. The molecule has 0 aliphatic heterocycles. The van der Waals surface area contributed by atoms with Crippen LogP contribution in [0.1, 0.15) is 43.1 Å². The molecule has 0 saturated heterocycles. The summed E-state index contributed by atoms with van der Waals surface area (Å²) in [5.41, 5.74) is 2.22. The van der Waals surface area contributed by atoms with Gasteiger partial charge in [0.05, 0.1) is 34.4 Å². The fourth-order valence-corrected chi connectivity index (χ4v) is 5.10. The van der Waals surface area contributed by atoms with Crippen LogP contribution in [0.5, 0.6) is 5.88 Å². The predicted molar refractivity (Wildman–Crippen MR) is 132 cm³/mol. The van der Waals surface area contributed by atoms with Gasteiger partial charge in [-0.05, 0) is 37.6 Å². The van der Waals surface area contributed by atoms with Crippen molar-refractivity contribution in [1.29, 1.82) is 0 Å². The summed E-state index contributed by atoms with van der Waals surface area (Å²) in [6.07, 6.45) is 7.45. The van der Waals surface area contributed by atoms with Crippen LogP contribution in [0.25, 0.3) is 0 Å². The average Bonchev–Trinajstić information content (AvgIpc) is 3.48. The molecule has 188 valence electrons. The molecule has 4 rings (SSSR count). The van der Waals surface area contributed by atoms with Gasteiger partial charge in [0.1, 0.15) is 5.56 Å². The largest absolute Gasteiger partial charge is 0.403 e. The fraction of sp³-hybridized carbons (Fsp3) is 0.250. The molecule has 0 spiro atoms. The van der Waals surface area contributed by atoms with Gasteiger partial charge >= 0.3 is 5.97 Å². The van der Waals surface area contributed by atoms with Gasteiger partial charge in [-0.25, -0.2) is 17.9 Å². The van der Waals surface area contributed by atoms with E-state index in [0.29, 0.717) is 11.3 Å². The van der Waals surface area contributed by atoms with Gasteiger partial charge in [-0.2, -0.15) is 10.2 Å². The van der Waals surface area contributed by atoms with Gasteiger partial charge in [0.15, 0.2) is 9.84 Å². The standard InChI is InChI=1S/C24H24ClN5O5S/c1-14-10-27-30(12-14)13-19-20(36(5,33)34)7-6-17(21(19)25)22(31)18-11-26-29(4)23(18)35-24(32)16-8-9-28(3)15(16)2/h6-12H,13H2,1-5H3. The van der Waals surface area contributed by atoms with Crippen LogP contribution < -0.4 is 4.74 Å². The number of halogens is 1. The van der Waals surface area contributed by atoms with Crippen LogP contribution in [0.4, 0.5) is 0 Å². The molecule has 0 fully saturated rings. The van der Waals surface area contributed by atoms with Crippen molar-refractivity contribution < 1.29 is 22.7 Å². The highest BCUT2D eigenvalue weighted by Gasteiger charge is 2.27. The van der Waals surface area contributed by atoms with Gasteiger partial charge in [0, 0.05) is 49.6 Å². The van der Waals surface area contributed by atoms with Gasteiger partial charge in [-0.3, -0.25) is 9.48 Å². The molecule has 0 bridgehead atoms. The van der Waals surface area contributed by atoms with Gasteiger partial charge in [0.25, 0.3) is 0 Å². The Balaban J connectivity index is 1.75. The van der Waals surface area contributed by atoms with E-state index in [1.54, 1.807) is 47.9 Å². The number of nitrogens with zero attached hydrogens (tertiary/aromatic N) is 5. The molecule has 4 aromatic rings. The Labute approximate surface area is 213 Å². The molecule has 10 nitrogen and oxygen atoms in total. The summed E-state index contributed by atoms with van der Waals surface area (Å²) >= 11 is 6.64. The van der Waals surface area contributed by atoms with E-state index < -0.39 is 21.6 Å². The van der Waals surface area contributed by atoms with E-state index >= 15 is 0 Å². The molecular weight excluding hydrogens is 506 g/mol. The molecule has 0 amide bonds. The summed E-state index contributed by atoms with van der Waals surface area (Å²) < 4.78 is 35.0. The van der Waals surface area contributed by atoms with Crippen LogP contribution in [0.3, 0.4) is 0 Å². The number of aromatic nitrogens is 5. The zero-order valence-electron chi connectivity index (χ0n) is 20.3. The van der Waals surface area contributed by atoms with Crippen molar-refractivity contribution in [3.05, 3.63) is 81.5 Å². The molecule has 0 atom stereocenters. The molecule has 36 heavy (non-hydrogen) atoms. The minimum Gasteiger partial charge on any atom is -0.403 e. The van der Waals surface area contributed by atoms with Crippen LogP contribution >= 0.6 is 11.6 Å². The second-order valence-corrected chi connectivity index (χ2v) is 10.9. The van der Waals surface area contributed by atoms with Gasteiger partial charge < -0.3 is 9.30 Å². The van der Waals surface area contributed by atoms with Crippen molar-refractivity contribution in [2.45, 2.75) is 25.3 Å². The molecule has 12 heteroatoms. The number of esters is 1. The smallest absolute Gasteiger partial charge is 0.346 e. The number of hydrogen-bond acceptors (Lipinski definition) is 7. The monoisotopic (exact) mass is 529 g/mol. The first-order valence-corrected chi connectivity index (χ1v) is 13.1. The van der Waals surface area contributed by atoms with Crippen LogP contribution in [-0.2, 0) is 30.5 Å². The van der Waals surface area contributed by atoms with Crippen LogP contribution in [0.15, 0.2) is 47.9 Å². The summed E-state index contributed by atoms with van der Waals surface area (Å²) in [7, 11) is -0.314. The zero-order valence-corrected chi connectivity index (χ0v) is 21.9. The number of sulfone groups is 1. The summed E-state index contributed by atoms with van der Waals surface area (Å²) in [5, 5.41) is 8.25. The van der Waals surface area contributed by atoms with E-state index in [0.717, 1.165) is 11.8 Å². The lowest BCUT2D eigenvalue weighted by Gasteiger charge is -2.14. The summed E-state index contributed by atoms with van der Waals surface area (Å²) in [4.78, 5) is 26.4. The van der Waals surface area contributed by atoms with E-state index in [9.17, 15) is 18.0 Å². The Morgan fingerprint density at radius 1 is 1.03 bits per heavy atom. The second kappa shape index (κ2) is 9.40. The Hall–Kier alpha value is -3.70. The number of ketones is 1. The number of benzene rings is 1. The molecule has 0 unspecified atom stereocenters. The highest BCUT2D eigenvalue weighted by atomic mass is 35.5. The number of carbonyl (C=O) groups excluding carboxylic acids is 2. The van der Waals surface area contributed by atoms with Crippen molar-refractivity contribution in [3.63, 3.8) is 0 Å². The highest BCUT2D eigenvalue weighted by molar-refractivity contribution is 7.90. The minimum absolute atomic E-state index is 0.00501. The number of aryl methyl sites for hydroxylation is 3. The first-order valence-electron chi connectivity index (χ1n) is 10.8. The molecule has 0 aliphatic carbocycles. The Bertz CT molecular complexity index is 1610. The highest BCUT2D eigenvalue weighted by Crippen LogP contribution is 2.32. The number of rotatable bonds is 7. The third-order valence-electron chi connectivity index (χ3n) is 5.85. The maximum atomic E-state index is 13.6. The lowest BCUT2D eigenvalue weighted by molar-refractivity contribution is 0.0717. The van der Waals surface area contributed by atoms with Gasteiger partial charge in [0.2, 0.25) is 11.7 Å². The summed E-state index contributed by atoms with van der Waals surface area (Å²) in [5.74, 6) is -1.27.